The van der Waals surface area contributed by atoms with Crippen LogP contribution in [0.1, 0.15) is 12.0 Å². The average molecular weight is 395 g/mol. The van der Waals surface area contributed by atoms with E-state index in [0.29, 0.717) is 29.3 Å². The highest BCUT2D eigenvalue weighted by molar-refractivity contribution is 7.88. The molecule has 0 aliphatic carbocycles. The van der Waals surface area contributed by atoms with E-state index in [9.17, 15) is 13.2 Å². The van der Waals surface area contributed by atoms with Crippen LogP contribution < -0.4 is 14.4 Å². The summed E-state index contributed by atoms with van der Waals surface area (Å²) in [6, 6.07) is 12.9. The Morgan fingerprint density at radius 1 is 1.15 bits per heavy atom. The molecule has 0 radical (unpaired) electrons. The van der Waals surface area contributed by atoms with E-state index >= 15 is 0 Å². The molecule has 3 rings (SSSR count). The van der Waals surface area contributed by atoms with E-state index in [1.54, 1.807) is 60.5 Å². The number of amides is 1. The van der Waals surface area contributed by atoms with Gasteiger partial charge in [0, 0.05) is 17.3 Å². The maximum atomic E-state index is 12.6. The summed E-state index contributed by atoms with van der Waals surface area (Å²) in [6.45, 7) is 0.458. The van der Waals surface area contributed by atoms with Crippen LogP contribution in [-0.2, 0) is 20.6 Å². The minimum atomic E-state index is -3.64. The van der Waals surface area contributed by atoms with Crippen molar-refractivity contribution in [3.05, 3.63) is 59.1 Å². The van der Waals surface area contributed by atoms with Gasteiger partial charge < -0.3 is 9.64 Å². The first kappa shape index (κ1) is 18.7. The second kappa shape index (κ2) is 7.65. The fraction of sp³-hybridized carbons (Fsp3) is 0.278. The Balaban J connectivity index is 1.66. The van der Waals surface area contributed by atoms with Gasteiger partial charge in [-0.25, -0.2) is 13.1 Å². The van der Waals surface area contributed by atoms with E-state index in [4.69, 9.17) is 16.3 Å². The average Bonchev–Trinajstić information content (AvgIpc) is 2.97. The highest BCUT2D eigenvalue weighted by Gasteiger charge is 2.35. The predicted molar refractivity (Wildman–Crippen MR) is 101 cm³/mol. The normalized spacial score (nSPS) is 17.5. The lowest BCUT2D eigenvalue weighted by Crippen LogP contribution is -2.41. The molecule has 0 aromatic heterocycles. The van der Waals surface area contributed by atoms with Crippen LogP contribution in [0.2, 0.25) is 5.02 Å². The largest absolute Gasteiger partial charge is 0.497 e. The van der Waals surface area contributed by atoms with Crippen molar-refractivity contribution in [1.29, 1.82) is 0 Å². The summed E-state index contributed by atoms with van der Waals surface area (Å²) in [5.41, 5.74) is 1.33. The maximum Gasteiger partial charge on any atom is 0.245 e. The molecule has 1 heterocycles. The quantitative estimate of drug-likeness (QED) is 0.817. The summed E-state index contributed by atoms with van der Waals surface area (Å²) in [6.07, 6.45) is 0.421. The van der Waals surface area contributed by atoms with Crippen LogP contribution in [-0.4, -0.2) is 34.0 Å². The van der Waals surface area contributed by atoms with Crippen LogP contribution in [0, 0.1) is 0 Å². The second-order valence-corrected chi connectivity index (χ2v) is 8.22. The van der Waals surface area contributed by atoms with Gasteiger partial charge in [0.2, 0.25) is 15.9 Å². The smallest absolute Gasteiger partial charge is 0.245 e. The molecule has 0 unspecified atom stereocenters. The van der Waals surface area contributed by atoms with Crippen molar-refractivity contribution in [2.24, 2.45) is 0 Å². The van der Waals surface area contributed by atoms with E-state index in [-0.39, 0.29) is 11.7 Å². The highest BCUT2D eigenvalue weighted by atomic mass is 35.5. The zero-order valence-corrected chi connectivity index (χ0v) is 15.8. The number of sulfonamides is 1. The standard InChI is InChI=1S/C18H19ClN2O4S/c1-25-16-8-6-15(7-9-16)21-11-10-17(18(21)22)20-26(23,24)12-13-2-4-14(19)5-3-13/h2-9,17,20H,10-12H2,1H3/t17-/m0/s1. The molecule has 2 aromatic carbocycles. The number of nitrogens with zero attached hydrogens (tertiary/aromatic N) is 1. The van der Waals surface area contributed by atoms with Gasteiger partial charge in [-0.2, -0.15) is 0 Å². The zero-order chi connectivity index (χ0) is 18.7. The summed E-state index contributed by atoms with van der Waals surface area (Å²) < 4.78 is 32.4. The Labute approximate surface area is 157 Å². The van der Waals surface area contributed by atoms with Crippen molar-refractivity contribution in [2.45, 2.75) is 18.2 Å². The van der Waals surface area contributed by atoms with Crippen molar-refractivity contribution >= 4 is 33.2 Å². The van der Waals surface area contributed by atoms with E-state index < -0.39 is 16.1 Å². The number of ether oxygens (including phenoxy) is 1. The van der Waals surface area contributed by atoms with Crippen LogP contribution in [0.4, 0.5) is 5.69 Å². The van der Waals surface area contributed by atoms with Gasteiger partial charge in [-0.1, -0.05) is 23.7 Å². The molecule has 6 nitrogen and oxygen atoms in total. The Morgan fingerprint density at radius 3 is 2.42 bits per heavy atom. The van der Waals surface area contributed by atoms with E-state index in [0.717, 1.165) is 5.69 Å². The number of rotatable bonds is 6. The molecule has 1 amide bonds. The van der Waals surface area contributed by atoms with Gasteiger partial charge in [0.25, 0.3) is 0 Å². The lowest BCUT2D eigenvalue weighted by Gasteiger charge is -2.17. The Hall–Kier alpha value is -2.09. The summed E-state index contributed by atoms with van der Waals surface area (Å²) in [5, 5.41) is 0.542. The SMILES string of the molecule is COc1ccc(N2CC[C@H](NS(=O)(=O)Cc3ccc(Cl)cc3)C2=O)cc1. The van der Waals surface area contributed by atoms with Crippen molar-refractivity contribution < 1.29 is 17.9 Å². The number of carbonyl (C=O) groups excluding carboxylic acids is 1. The molecule has 1 N–H and O–H groups in total. The summed E-state index contributed by atoms with van der Waals surface area (Å²) in [7, 11) is -2.07. The number of methoxy groups -OCH3 is 1. The lowest BCUT2D eigenvalue weighted by molar-refractivity contribution is -0.118. The monoisotopic (exact) mass is 394 g/mol. The lowest BCUT2D eigenvalue weighted by atomic mass is 10.2. The first-order valence-corrected chi connectivity index (χ1v) is 10.1. The Morgan fingerprint density at radius 2 is 1.81 bits per heavy atom. The molecule has 8 heteroatoms. The van der Waals surface area contributed by atoms with Gasteiger partial charge in [-0.15, -0.1) is 0 Å². The molecule has 2 aromatic rings. The van der Waals surface area contributed by atoms with Gasteiger partial charge in [0.15, 0.2) is 0 Å². The zero-order valence-electron chi connectivity index (χ0n) is 14.2. The molecule has 1 fully saturated rings. The van der Waals surface area contributed by atoms with Crippen LogP contribution in [0.25, 0.3) is 0 Å². The maximum absolute atomic E-state index is 12.6. The van der Waals surface area contributed by atoms with Crippen LogP contribution in [0.3, 0.4) is 0 Å². The van der Waals surface area contributed by atoms with Gasteiger partial charge in [-0.3, -0.25) is 4.79 Å². The number of carbonyl (C=O) groups is 1. The third-order valence-electron chi connectivity index (χ3n) is 4.18. The van der Waals surface area contributed by atoms with Crippen LogP contribution in [0.15, 0.2) is 48.5 Å². The molecule has 1 atom stereocenters. The van der Waals surface area contributed by atoms with Gasteiger partial charge in [0.1, 0.15) is 11.8 Å². The predicted octanol–water partition coefficient (Wildman–Crippen LogP) is 2.57. The van der Waals surface area contributed by atoms with E-state index in [2.05, 4.69) is 4.72 Å². The molecular formula is C18H19ClN2O4S. The van der Waals surface area contributed by atoms with Crippen LogP contribution in [0.5, 0.6) is 5.75 Å². The molecular weight excluding hydrogens is 376 g/mol. The highest BCUT2D eigenvalue weighted by Crippen LogP contribution is 2.24. The van der Waals surface area contributed by atoms with Crippen LogP contribution >= 0.6 is 11.6 Å². The number of hydrogen-bond donors (Lipinski definition) is 1. The second-order valence-electron chi connectivity index (χ2n) is 6.03. The van der Waals surface area contributed by atoms with Gasteiger partial charge in [-0.05, 0) is 48.4 Å². The Bertz CT molecular complexity index is 882. The fourth-order valence-corrected chi connectivity index (χ4v) is 4.36. The molecule has 1 saturated heterocycles. The molecule has 0 spiro atoms. The molecule has 0 bridgehead atoms. The van der Waals surface area contributed by atoms with Crippen molar-refractivity contribution in [2.75, 3.05) is 18.6 Å². The Kier molecular flexibility index (Phi) is 5.50. The molecule has 26 heavy (non-hydrogen) atoms. The van der Waals surface area contributed by atoms with Crippen molar-refractivity contribution in [3.8, 4) is 5.75 Å². The first-order valence-electron chi connectivity index (χ1n) is 8.08. The third-order valence-corrected chi connectivity index (χ3v) is 5.79. The number of nitrogens with one attached hydrogen (secondary N) is 1. The van der Waals surface area contributed by atoms with Crippen molar-refractivity contribution in [1.82, 2.24) is 4.72 Å². The number of benzene rings is 2. The fourth-order valence-electron chi connectivity index (χ4n) is 2.87. The number of halogens is 1. The summed E-state index contributed by atoms with van der Waals surface area (Å²) >= 11 is 5.81. The third kappa shape index (κ3) is 4.35. The topological polar surface area (TPSA) is 75.7 Å². The number of hydrogen-bond acceptors (Lipinski definition) is 4. The molecule has 1 aliphatic rings. The first-order chi connectivity index (χ1) is 12.4. The molecule has 1 aliphatic heterocycles. The molecule has 0 saturated carbocycles. The van der Waals surface area contributed by atoms with Gasteiger partial charge in [0.05, 0.1) is 12.9 Å². The number of anilines is 1. The summed E-state index contributed by atoms with van der Waals surface area (Å²) in [4.78, 5) is 14.2. The van der Waals surface area contributed by atoms with Crippen molar-refractivity contribution in [3.63, 3.8) is 0 Å². The van der Waals surface area contributed by atoms with E-state index in [1.165, 1.54) is 0 Å². The minimum Gasteiger partial charge on any atom is -0.497 e. The molecule has 138 valence electrons. The van der Waals surface area contributed by atoms with E-state index in [1.807, 2.05) is 0 Å². The summed E-state index contributed by atoms with van der Waals surface area (Å²) in [5.74, 6) is 0.242. The van der Waals surface area contributed by atoms with Gasteiger partial charge >= 0.3 is 0 Å². The minimum absolute atomic E-state index is 0.198.